The van der Waals surface area contributed by atoms with Crippen LogP contribution in [-0.2, 0) is 6.42 Å². The molecule has 0 spiro atoms. The highest BCUT2D eigenvalue weighted by Crippen LogP contribution is 2.38. The molecular formula is C23H29F2N5O. The molecule has 8 heteroatoms. The molecule has 3 heterocycles. The van der Waals surface area contributed by atoms with Gasteiger partial charge in [-0.05, 0) is 43.6 Å². The van der Waals surface area contributed by atoms with Crippen molar-refractivity contribution in [1.82, 2.24) is 24.4 Å². The van der Waals surface area contributed by atoms with Crippen molar-refractivity contribution in [3.8, 4) is 0 Å². The molecule has 6 nitrogen and oxygen atoms in total. The Labute approximate surface area is 180 Å². The Morgan fingerprint density at radius 1 is 1.26 bits per heavy atom. The summed E-state index contributed by atoms with van der Waals surface area (Å²) in [5.74, 6) is 1.12. The molecule has 1 aliphatic rings. The fourth-order valence-corrected chi connectivity index (χ4v) is 4.87. The van der Waals surface area contributed by atoms with Gasteiger partial charge in [0.2, 0.25) is 0 Å². The third kappa shape index (κ3) is 4.52. The number of aromatic nitrogens is 5. The van der Waals surface area contributed by atoms with Crippen LogP contribution in [0.2, 0.25) is 0 Å². The van der Waals surface area contributed by atoms with Crippen molar-refractivity contribution in [2.24, 2.45) is 11.8 Å². The molecule has 0 N–H and O–H groups in total. The summed E-state index contributed by atoms with van der Waals surface area (Å²) in [7, 11) is 0. The van der Waals surface area contributed by atoms with Crippen LogP contribution < -0.4 is 0 Å². The van der Waals surface area contributed by atoms with Crippen LogP contribution in [0.15, 0.2) is 30.9 Å². The second kappa shape index (κ2) is 9.24. The molecule has 1 saturated carbocycles. The standard InChI is InChI=1S/C23H29F2N5O/c1-3-5-15(2)16-6-8-18(9-7-16)30-14-17(21(28-30)22(24)25)12-20(31)19-13-27-29-11-4-10-26-23(19)29/h4,10-11,13-16,18,22H,3,5-9,12H2,1-2H3/t15?,16-,18-. The van der Waals surface area contributed by atoms with Crippen LogP contribution >= 0.6 is 0 Å². The van der Waals surface area contributed by atoms with Crippen LogP contribution in [0.3, 0.4) is 0 Å². The van der Waals surface area contributed by atoms with Crippen molar-refractivity contribution in [3.05, 3.63) is 47.7 Å². The van der Waals surface area contributed by atoms with Gasteiger partial charge in [-0.1, -0.05) is 26.7 Å². The first-order valence-electron chi connectivity index (χ1n) is 11.2. The predicted molar refractivity (Wildman–Crippen MR) is 113 cm³/mol. The quantitative estimate of drug-likeness (QED) is 0.446. The lowest BCUT2D eigenvalue weighted by Crippen LogP contribution is -2.22. The fraction of sp³-hybridized carbons (Fsp3) is 0.565. The number of halogens is 2. The number of carbonyl (C=O) groups excluding carboxylic acids is 1. The summed E-state index contributed by atoms with van der Waals surface area (Å²) in [6.07, 6.45) is 10.0. The van der Waals surface area contributed by atoms with Crippen molar-refractivity contribution >= 4 is 11.4 Å². The molecule has 1 unspecified atom stereocenters. The number of fused-ring (bicyclic) bond motifs is 1. The molecule has 4 rings (SSSR count). The summed E-state index contributed by atoms with van der Waals surface area (Å²) in [4.78, 5) is 17.0. The van der Waals surface area contributed by atoms with Crippen molar-refractivity contribution in [2.45, 2.75) is 71.3 Å². The fourth-order valence-electron chi connectivity index (χ4n) is 4.87. The molecule has 0 saturated heterocycles. The largest absolute Gasteiger partial charge is 0.294 e. The summed E-state index contributed by atoms with van der Waals surface area (Å²) in [6.45, 7) is 4.53. The average molecular weight is 430 g/mol. The Bertz CT molecular complexity index is 1040. The SMILES string of the molecule is CCCC(C)[C@H]1CC[C@H](n2cc(CC(=O)c3cnn4cccnc34)c(C(F)F)n2)CC1. The number of hydrogen-bond acceptors (Lipinski definition) is 4. The first kappa shape index (κ1) is 21.6. The Kier molecular flexibility index (Phi) is 6.43. The van der Waals surface area contributed by atoms with E-state index in [-0.39, 0.29) is 29.5 Å². The molecule has 0 aliphatic heterocycles. The first-order chi connectivity index (χ1) is 15.0. The highest BCUT2D eigenvalue weighted by molar-refractivity contribution is 6.02. The second-order valence-corrected chi connectivity index (χ2v) is 8.70. The minimum absolute atomic E-state index is 0.116. The highest BCUT2D eigenvalue weighted by Gasteiger charge is 2.29. The molecule has 166 valence electrons. The lowest BCUT2D eigenvalue weighted by molar-refractivity contribution is 0.0992. The zero-order chi connectivity index (χ0) is 22.0. The van der Waals surface area contributed by atoms with Gasteiger partial charge in [0.05, 0.1) is 17.8 Å². The number of nitrogens with zero attached hydrogens (tertiary/aromatic N) is 5. The minimum atomic E-state index is -2.72. The maximum absolute atomic E-state index is 13.7. The van der Waals surface area contributed by atoms with Gasteiger partial charge in [-0.15, -0.1) is 0 Å². The number of Topliss-reactive ketones (excluding diaryl/α,β-unsaturated/α-hetero) is 1. The van der Waals surface area contributed by atoms with Crippen LogP contribution in [0.1, 0.15) is 86.5 Å². The summed E-state index contributed by atoms with van der Waals surface area (Å²) in [5, 5.41) is 8.33. The maximum Gasteiger partial charge on any atom is 0.282 e. The molecule has 3 aromatic heterocycles. The van der Waals surface area contributed by atoms with E-state index in [0.29, 0.717) is 23.0 Å². The van der Waals surface area contributed by atoms with E-state index in [4.69, 9.17) is 0 Å². The van der Waals surface area contributed by atoms with E-state index in [2.05, 4.69) is 29.0 Å². The molecule has 0 radical (unpaired) electrons. The van der Waals surface area contributed by atoms with Gasteiger partial charge < -0.3 is 0 Å². The highest BCUT2D eigenvalue weighted by atomic mass is 19.3. The summed E-state index contributed by atoms with van der Waals surface area (Å²) in [6, 6.07) is 1.83. The Morgan fingerprint density at radius 3 is 2.74 bits per heavy atom. The molecule has 31 heavy (non-hydrogen) atoms. The molecule has 0 aromatic carbocycles. The zero-order valence-corrected chi connectivity index (χ0v) is 18.0. The van der Waals surface area contributed by atoms with Crippen molar-refractivity contribution < 1.29 is 13.6 Å². The number of ketones is 1. The third-order valence-corrected chi connectivity index (χ3v) is 6.64. The normalized spacial score (nSPS) is 20.4. The Hall–Kier alpha value is -2.64. The molecule has 1 atom stereocenters. The summed E-state index contributed by atoms with van der Waals surface area (Å²) in [5.41, 5.74) is 0.757. The smallest absolute Gasteiger partial charge is 0.282 e. The van der Waals surface area contributed by atoms with Crippen LogP contribution in [0.25, 0.3) is 5.65 Å². The topological polar surface area (TPSA) is 65.1 Å². The minimum Gasteiger partial charge on any atom is -0.294 e. The summed E-state index contributed by atoms with van der Waals surface area (Å²) < 4.78 is 30.6. The number of hydrogen-bond donors (Lipinski definition) is 0. The van der Waals surface area contributed by atoms with Crippen molar-refractivity contribution in [3.63, 3.8) is 0 Å². The van der Waals surface area contributed by atoms with Gasteiger partial charge in [0.25, 0.3) is 6.43 Å². The van der Waals surface area contributed by atoms with Crippen LogP contribution in [0.5, 0.6) is 0 Å². The molecule has 0 bridgehead atoms. The maximum atomic E-state index is 13.7. The summed E-state index contributed by atoms with van der Waals surface area (Å²) >= 11 is 0. The van der Waals surface area contributed by atoms with E-state index in [1.807, 2.05) is 0 Å². The monoisotopic (exact) mass is 429 g/mol. The molecule has 1 aliphatic carbocycles. The van der Waals surface area contributed by atoms with Crippen LogP contribution in [-0.4, -0.2) is 30.2 Å². The van der Waals surface area contributed by atoms with Gasteiger partial charge in [0.1, 0.15) is 5.69 Å². The van der Waals surface area contributed by atoms with E-state index in [1.54, 1.807) is 29.3 Å². The first-order valence-corrected chi connectivity index (χ1v) is 11.2. The van der Waals surface area contributed by atoms with Crippen molar-refractivity contribution in [2.75, 3.05) is 0 Å². The molecule has 1 fully saturated rings. The van der Waals surface area contributed by atoms with Gasteiger partial charge >= 0.3 is 0 Å². The molecule has 0 amide bonds. The lowest BCUT2D eigenvalue weighted by atomic mass is 9.77. The van der Waals surface area contributed by atoms with E-state index in [0.717, 1.165) is 25.7 Å². The second-order valence-electron chi connectivity index (χ2n) is 8.70. The van der Waals surface area contributed by atoms with E-state index in [9.17, 15) is 13.6 Å². The van der Waals surface area contributed by atoms with Gasteiger partial charge in [0.15, 0.2) is 11.4 Å². The molecular weight excluding hydrogens is 400 g/mol. The molecule has 3 aromatic rings. The average Bonchev–Trinajstić information content (AvgIpc) is 3.38. The Morgan fingerprint density at radius 2 is 2.03 bits per heavy atom. The van der Waals surface area contributed by atoms with Gasteiger partial charge in [-0.3, -0.25) is 9.48 Å². The van der Waals surface area contributed by atoms with Crippen LogP contribution in [0.4, 0.5) is 8.78 Å². The number of rotatable bonds is 8. The van der Waals surface area contributed by atoms with Gasteiger partial charge in [0, 0.05) is 30.6 Å². The number of alkyl halides is 2. The Balaban J connectivity index is 1.50. The van der Waals surface area contributed by atoms with Crippen molar-refractivity contribution in [1.29, 1.82) is 0 Å². The lowest BCUT2D eigenvalue weighted by Gasteiger charge is -2.32. The van der Waals surface area contributed by atoms with E-state index in [1.165, 1.54) is 23.6 Å². The predicted octanol–water partition coefficient (Wildman–Crippen LogP) is 5.46. The van der Waals surface area contributed by atoms with Gasteiger partial charge in [-0.25, -0.2) is 18.3 Å². The number of carbonyl (C=O) groups is 1. The third-order valence-electron chi connectivity index (χ3n) is 6.64. The van der Waals surface area contributed by atoms with E-state index < -0.39 is 6.43 Å². The van der Waals surface area contributed by atoms with Crippen LogP contribution in [0, 0.1) is 11.8 Å². The zero-order valence-electron chi connectivity index (χ0n) is 18.0. The van der Waals surface area contributed by atoms with E-state index >= 15 is 0 Å². The van der Waals surface area contributed by atoms with Gasteiger partial charge in [-0.2, -0.15) is 10.2 Å².